The molecule has 0 aliphatic rings. The number of para-hydroxylation sites is 1. The predicted octanol–water partition coefficient (Wildman–Crippen LogP) is 4.67. The third-order valence-electron chi connectivity index (χ3n) is 4.62. The Bertz CT molecular complexity index is 1220. The van der Waals surface area contributed by atoms with Gasteiger partial charge in [-0.05, 0) is 31.5 Å². The highest BCUT2D eigenvalue weighted by Crippen LogP contribution is 2.40. The molecule has 0 aliphatic carbocycles. The van der Waals surface area contributed by atoms with Crippen molar-refractivity contribution in [3.05, 3.63) is 83.9 Å². The van der Waals surface area contributed by atoms with E-state index in [1.54, 1.807) is 13.0 Å². The number of benzene rings is 2. The van der Waals surface area contributed by atoms with E-state index in [1.807, 2.05) is 67.6 Å². The van der Waals surface area contributed by atoms with Gasteiger partial charge in [-0.3, -0.25) is 4.79 Å². The van der Waals surface area contributed by atoms with E-state index >= 15 is 0 Å². The number of hydrogen-bond donors (Lipinski definition) is 3. The number of nitrogens with two attached hydrogens (primary N) is 1. The Morgan fingerprint density at radius 1 is 1.03 bits per heavy atom. The number of carbonyl (C=O) groups excluding carboxylic acids is 1. The lowest BCUT2D eigenvalue weighted by atomic mass is 10.1. The molecule has 9 nitrogen and oxygen atoms in total. The number of carbonyl (C=O) groups is 1. The van der Waals surface area contributed by atoms with Crippen LogP contribution in [0.3, 0.4) is 0 Å². The van der Waals surface area contributed by atoms with Gasteiger partial charge in [0.25, 0.3) is 0 Å². The second-order valence-corrected chi connectivity index (χ2v) is 8.70. The molecule has 4 aromatic rings. The molecule has 0 bridgehead atoms. The quantitative estimate of drug-likeness (QED) is 0.342. The number of nitrogens with zero attached hydrogens (tertiary/aromatic N) is 4. The summed E-state index contributed by atoms with van der Waals surface area (Å²) < 4.78 is 5.06. The summed E-state index contributed by atoms with van der Waals surface area (Å²) in [6.45, 7) is 3.69. The first-order valence-electron chi connectivity index (χ1n) is 10.3. The Morgan fingerprint density at radius 2 is 1.73 bits per heavy atom. The highest BCUT2D eigenvalue weighted by Gasteiger charge is 2.27. The minimum absolute atomic E-state index is 0.102. The fourth-order valence-electron chi connectivity index (χ4n) is 3.10. The summed E-state index contributed by atoms with van der Waals surface area (Å²) in [7, 11) is 0. The van der Waals surface area contributed by atoms with Crippen molar-refractivity contribution in [3.8, 4) is 0 Å². The zero-order valence-corrected chi connectivity index (χ0v) is 18.9. The summed E-state index contributed by atoms with van der Waals surface area (Å²) in [6.07, 6.45) is 0. The average molecular weight is 462 g/mol. The van der Waals surface area contributed by atoms with Crippen LogP contribution in [0.4, 0.5) is 23.4 Å². The van der Waals surface area contributed by atoms with Crippen molar-refractivity contribution < 1.29 is 9.32 Å². The van der Waals surface area contributed by atoms with Gasteiger partial charge < -0.3 is 20.9 Å². The summed E-state index contributed by atoms with van der Waals surface area (Å²) in [6, 6.07) is 20.7. The van der Waals surface area contributed by atoms with Crippen LogP contribution in [0.25, 0.3) is 0 Å². The maximum Gasteiger partial charge on any atom is 0.243 e. The van der Waals surface area contributed by atoms with E-state index in [4.69, 9.17) is 10.3 Å². The van der Waals surface area contributed by atoms with Crippen LogP contribution in [0.2, 0.25) is 0 Å². The molecule has 2 heterocycles. The SMILES string of the molecule is Cc1cc(NC(=O)C(SC(C)c2nc(N)nc(Nc3ccccc3)n2)c2ccccc2)no1. The number of anilines is 4. The molecule has 2 atom stereocenters. The van der Waals surface area contributed by atoms with E-state index in [9.17, 15) is 4.79 Å². The van der Waals surface area contributed by atoms with Crippen molar-refractivity contribution in [2.75, 3.05) is 16.4 Å². The summed E-state index contributed by atoms with van der Waals surface area (Å²) in [5.41, 5.74) is 7.62. The van der Waals surface area contributed by atoms with Crippen LogP contribution >= 0.6 is 11.8 Å². The molecular weight excluding hydrogens is 438 g/mol. The van der Waals surface area contributed by atoms with Crippen molar-refractivity contribution in [1.82, 2.24) is 20.1 Å². The van der Waals surface area contributed by atoms with E-state index < -0.39 is 5.25 Å². The van der Waals surface area contributed by atoms with Crippen LogP contribution in [0, 0.1) is 6.92 Å². The number of thioether (sulfide) groups is 1. The Labute approximate surface area is 195 Å². The maximum atomic E-state index is 13.2. The van der Waals surface area contributed by atoms with Crippen molar-refractivity contribution in [2.45, 2.75) is 24.3 Å². The van der Waals surface area contributed by atoms with Crippen LogP contribution in [0.5, 0.6) is 0 Å². The molecule has 0 spiro atoms. The van der Waals surface area contributed by atoms with E-state index in [0.29, 0.717) is 23.4 Å². The Morgan fingerprint density at radius 3 is 2.39 bits per heavy atom. The number of nitrogens with one attached hydrogen (secondary N) is 2. The molecule has 1 amide bonds. The minimum atomic E-state index is -0.540. The lowest BCUT2D eigenvalue weighted by Gasteiger charge is -2.20. The molecule has 4 rings (SSSR count). The molecule has 2 aromatic heterocycles. The maximum absolute atomic E-state index is 13.2. The third-order valence-corrected chi connectivity index (χ3v) is 6.00. The van der Waals surface area contributed by atoms with Crippen LogP contribution in [0.1, 0.15) is 34.6 Å². The van der Waals surface area contributed by atoms with Crippen molar-refractivity contribution in [2.24, 2.45) is 0 Å². The molecule has 0 saturated heterocycles. The van der Waals surface area contributed by atoms with Crippen LogP contribution in [-0.4, -0.2) is 26.0 Å². The normalized spacial score (nSPS) is 12.7. The molecule has 168 valence electrons. The minimum Gasteiger partial charge on any atom is -0.368 e. The molecule has 2 aromatic carbocycles. The summed E-state index contributed by atoms with van der Waals surface area (Å²) in [4.78, 5) is 26.2. The topological polar surface area (TPSA) is 132 Å². The van der Waals surface area contributed by atoms with Gasteiger partial charge in [-0.25, -0.2) is 0 Å². The van der Waals surface area contributed by atoms with Gasteiger partial charge in [0, 0.05) is 11.8 Å². The molecule has 0 aliphatic heterocycles. The van der Waals surface area contributed by atoms with E-state index in [1.165, 1.54) is 11.8 Å². The molecule has 4 N–H and O–H groups in total. The van der Waals surface area contributed by atoms with Gasteiger partial charge >= 0.3 is 0 Å². The van der Waals surface area contributed by atoms with Gasteiger partial charge in [0.2, 0.25) is 17.8 Å². The Hall–Kier alpha value is -3.92. The standard InChI is InChI=1S/C23H23N7O2S/c1-14-13-18(30-32-14)26-21(31)19(16-9-5-3-6-10-16)33-15(2)20-27-22(24)29-23(28-20)25-17-11-7-4-8-12-17/h3-13,15,19H,1-2H3,(H,26,30,31)(H3,24,25,27,28,29). The van der Waals surface area contributed by atoms with Crippen LogP contribution in [-0.2, 0) is 4.79 Å². The Kier molecular flexibility index (Phi) is 6.84. The third kappa shape index (κ3) is 5.86. The average Bonchev–Trinajstić information content (AvgIpc) is 3.22. The second-order valence-electron chi connectivity index (χ2n) is 7.25. The molecule has 0 radical (unpaired) electrons. The molecule has 10 heteroatoms. The highest BCUT2D eigenvalue weighted by molar-refractivity contribution is 8.00. The van der Waals surface area contributed by atoms with Gasteiger partial charge in [0.05, 0.1) is 5.25 Å². The zero-order valence-electron chi connectivity index (χ0n) is 18.1. The zero-order chi connectivity index (χ0) is 23.2. The van der Waals surface area contributed by atoms with Crippen molar-refractivity contribution in [3.63, 3.8) is 0 Å². The number of aromatic nitrogens is 4. The summed E-state index contributed by atoms with van der Waals surface area (Å²) in [5.74, 6) is 1.67. The fourth-order valence-corrected chi connectivity index (χ4v) is 4.23. The monoisotopic (exact) mass is 461 g/mol. The smallest absolute Gasteiger partial charge is 0.243 e. The number of rotatable bonds is 8. The van der Waals surface area contributed by atoms with Crippen LogP contribution < -0.4 is 16.4 Å². The van der Waals surface area contributed by atoms with Gasteiger partial charge in [0.1, 0.15) is 16.8 Å². The highest BCUT2D eigenvalue weighted by atomic mass is 32.2. The van der Waals surface area contributed by atoms with E-state index in [-0.39, 0.29) is 17.1 Å². The first-order valence-corrected chi connectivity index (χ1v) is 11.2. The van der Waals surface area contributed by atoms with Gasteiger partial charge in [-0.15, -0.1) is 11.8 Å². The van der Waals surface area contributed by atoms with Gasteiger partial charge in [-0.1, -0.05) is 53.7 Å². The second kappa shape index (κ2) is 10.1. The van der Waals surface area contributed by atoms with Gasteiger partial charge in [0.15, 0.2) is 5.82 Å². The molecule has 0 saturated carbocycles. The molecular formula is C23H23N7O2S. The predicted molar refractivity (Wildman–Crippen MR) is 129 cm³/mol. The first-order chi connectivity index (χ1) is 16.0. The van der Waals surface area contributed by atoms with E-state index in [0.717, 1.165) is 11.3 Å². The molecule has 0 fully saturated rings. The summed E-state index contributed by atoms with van der Waals surface area (Å²) >= 11 is 1.40. The van der Waals surface area contributed by atoms with Gasteiger partial charge in [-0.2, -0.15) is 15.0 Å². The summed E-state index contributed by atoms with van der Waals surface area (Å²) in [5, 5.41) is 9.01. The van der Waals surface area contributed by atoms with Crippen molar-refractivity contribution >= 4 is 41.1 Å². The van der Waals surface area contributed by atoms with Crippen molar-refractivity contribution in [1.29, 1.82) is 0 Å². The lowest BCUT2D eigenvalue weighted by molar-refractivity contribution is -0.115. The van der Waals surface area contributed by atoms with Crippen LogP contribution in [0.15, 0.2) is 71.3 Å². The molecule has 33 heavy (non-hydrogen) atoms. The number of nitrogen functional groups attached to an aromatic ring is 1. The largest absolute Gasteiger partial charge is 0.368 e. The first kappa shape index (κ1) is 22.3. The Balaban J connectivity index is 1.56. The van der Waals surface area contributed by atoms with E-state index in [2.05, 4.69) is 30.7 Å². The number of aryl methyl sites for hydroxylation is 1. The lowest BCUT2D eigenvalue weighted by Crippen LogP contribution is -2.20. The number of hydrogen-bond acceptors (Lipinski definition) is 9. The molecule has 2 unspecified atom stereocenters. The number of amides is 1. The fraction of sp³-hybridized carbons (Fsp3) is 0.174.